The first-order valence-electron chi connectivity index (χ1n) is 7.39. The lowest BCUT2D eigenvalue weighted by molar-refractivity contribution is -0.802. The van der Waals surface area contributed by atoms with E-state index < -0.39 is 15.6 Å². The molecule has 1 aliphatic carbocycles. The van der Waals surface area contributed by atoms with Crippen LogP contribution in [-0.4, -0.2) is 49.7 Å². The fraction of sp³-hybridized carbons (Fsp3) is 0.600. The zero-order valence-corrected chi connectivity index (χ0v) is 14.2. The standard InChI is InChI=1S/C14H18NO.CHF3O3S/c1-14-7-12-13(15(12,2)8-14)10-5-4-9(16-3)6-11(10)14;2-1(3,4)8(5,6)7/h4-6,12-13H,7-8H2,1-3H3;(H,5,6,7)/q+1;/p-1/t12-,13-,14+,15?;/m1./s1. The summed E-state index contributed by atoms with van der Waals surface area (Å²) in [6, 6.07) is 8.39. The molecule has 2 fully saturated rings. The van der Waals surface area contributed by atoms with Crippen molar-refractivity contribution in [2.75, 3.05) is 20.7 Å². The van der Waals surface area contributed by atoms with Gasteiger partial charge in [-0.25, -0.2) is 8.42 Å². The number of hydrogen-bond donors (Lipinski definition) is 0. The summed E-state index contributed by atoms with van der Waals surface area (Å²) in [5.41, 5.74) is -2.10. The summed E-state index contributed by atoms with van der Waals surface area (Å²) in [7, 11) is -1.91. The van der Waals surface area contributed by atoms with Crippen LogP contribution in [0.15, 0.2) is 18.2 Å². The van der Waals surface area contributed by atoms with Crippen LogP contribution in [0.3, 0.4) is 0 Å². The highest BCUT2D eigenvalue weighted by molar-refractivity contribution is 7.86. The highest BCUT2D eigenvalue weighted by Gasteiger charge is 2.76. The molecule has 4 bridgehead atoms. The van der Waals surface area contributed by atoms with Crippen molar-refractivity contribution in [1.82, 2.24) is 0 Å². The molecule has 1 aromatic rings. The Morgan fingerprint density at radius 2 is 1.96 bits per heavy atom. The second-order valence-corrected chi connectivity index (χ2v) is 8.51. The molecule has 1 unspecified atom stereocenters. The Morgan fingerprint density at radius 1 is 1.38 bits per heavy atom. The van der Waals surface area contributed by atoms with E-state index in [0.29, 0.717) is 5.41 Å². The van der Waals surface area contributed by atoms with E-state index in [2.05, 4.69) is 32.2 Å². The fourth-order valence-corrected chi connectivity index (χ4v) is 4.55. The van der Waals surface area contributed by atoms with Crippen LogP contribution in [0.1, 0.15) is 30.5 Å². The Kier molecular flexibility index (Phi) is 3.54. The number of alkyl halides is 3. The fourth-order valence-electron chi connectivity index (χ4n) is 4.55. The van der Waals surface area contributed by atoms with Crippen LogP contribution < -0.4 is 4.74 Å². The lowest BCUT2D eigenvalue weighted by atomic mass is 9.71. The van der Waals surface area contributed by atoms with Crippen molar-refractivity contribution in [3.05, 3.63) is 29.3 Å². The molecule has 0 aromatic heterocycles. The summed E-state index contributed by atoms with van der Waals surface area (Å²) in [6.45, 7) is 3.75. The van der Waals surface area contributed by atoms with Crippen LogP contribution in [0.5, 0.6) is 5.75 Å². The van der Waals surface area contributed by atoms with Gasteiger partial charge in [0.1, 0.15) is 11.8 Å². The SMILES string of the molecule is COc1ccc2c(c1)[C@@]1(C)C[C@@H]3[C@@H]2[N+]3(C)C1.O=S(=O)([O-])C(F)(F)F. The Balaban J connectivity index is 0.000000183. The zero-order valence-electron chi connectivity index (χ0n) is 13.4. The molecule has 5 nitrogen and oxygen atoms in total. The van der Waals surface area contributed by atoms with Gasteiger partial charge in [-0.3, -0.25) is 0 Å². The van der Waals surface area contributed by atoms with E-state index in [-0.39, 0.29) is 0 Å². The maximum absolute atomic E-state index is 10.7. The molecule has 4 aliphatic rings. The third-order valence-corrected chi connectivity index (χ3v) is 6.10. The van der Waals surface area contributed by atoms with Crippen molar-refractivity contribution in [2.45, 2.75) is 36.4 Å². The van der Waals surface area contributed by atoms with Gasteiger partial charge in [0.2, 0.25) is 0 Å². The van der Waals surface area contributed by atoms with Crippen LogP contribution in [0.25, 0.3) is 0 Å². The Bertz CT molecular complexity index is 794. The Hall–Kier alpha value is -1.32. The second kappa shape index (κ2) is 4.86. The monoisotopic (exact) mass is 365 g/mol. The van der Waals surface area contributed by atoms with Crippen LogP contribution in [-0.2, 0) is 15.5 Å². The van der Waals surface area contributed by atoms with Gasteiger partial charge in [0.05, 0.1) is 20.7 Å². The topological polar surface area (TPSA) is 66.4 Å². The zero-order chi connectivity index (χ0) is 18.1. The van der Waals surface area contributed by atoms with E-state index in [1.165, 1.54) is 17.4 Å². The Morgan fingerprint density at radius 3 is 2.38 bits per heavy atom. The maximum Gasteiger partial charge on any atom is 0.485 e. The van der Waals surface area contributed by atoms with E-state index >= 15 is 0 Å². The van der Waals surface area contributed by atoms with Crippen molar-refractivity contribution in [3.63, 3.8) is 0 Å². The largest absolute Gasteiger partial charge is 0.741 e. The van der Waals surface area contributed by atoms with Gasteiger partial charge in [-0.1, -0.05) is 0 Å². The van der Waals surface area contributed by atoms with Gasteiger partial charge in [0.25, 0.3) is 0 Å². The highest BCUT2D eigenvalue weighted by Crippen LogP contribution is 2.68. The second-order valence-electron chi connectivity index (χ2n) is 7.13. The number of piperidine rings is 1. The van der Waals surface area contributed by atoms with Crippen LogP contribution in [0, 0.1) is 0 Å². The highest BCUT2D eigenvalue weighted by atomic mass is 32.2. The molecule has 0 N–H and O–H groups in total. The van der Waals surface area contributed by atoms with Crippen LogP contribution >= 0.6 is 0 Å². The normalized spacial score (nSPS) is 35.6. The molecule has 134 valence electrons. The molecular formula is C15H18F3NO4S. The van der Waals surface area contributed by atoms with Gasteiger partial charge >= 0.3 is 5.51 Å². The van der Waals surface area contributed by atoms with E-state index in [9.17, 15) is 13.2 Å². The number of quaternary nitrogens is 1. The average Bonchev–Trinajstić information content (AvgIpc) is 2.90. The Labute approximate surface area is 138 Å². The molecule has 24 heavy (non-hydrogen) atoms. The molecule has 3 heterocycles. The van der Waals surface area contributed by atoms with Gasteiger partial charge in [-0.15, -0.1) is 0 Å². The summed E-state index contributed by atoms with van der Waals surface area (Å²) < 4.78 is 65.6. The molecule has 0 saturated carbocycles. The van der Waals surface area contributed by atoms with E-state index in [1.54, 1.807) is 18.2 Å². The summed E-state index contributed by atoms with van der Waals surface area (Å²) in [5.74, 6) is 1.01. The van der Waals surface area contributed by atoms with Gasteiger partial charge in [0.15, 0.2) is 16.2 Å². The smallest absolute Gasteiger partial charge is 0.485 e. The van der Waals surface area contributed by atoms with Crippen LogP contribution in [0.2, 0.25) is 0 Å². The molecule has 1 aromatic carbocycles. The number of ether oxygens (including phenoxy) is 1. The van der Waals surface area contributed by atoms with E-state index in [1.807, 2.05) is 0 Å². The number of rotatable bonds is 1. The molecule has 9 heteroatoms. The third-order valence-electron chi connectivity index (χ3n) is 5.53. The lowest BCUT2D eigenvalue weighted by Crippen LogP contribution is -2.38. The number of nitrogens with zero attached hydrogens (tertiary/aromatic N) is 1. The quantitative estimate of drug-likeness (QED) is 0.331. The lowest BCUT2D eigenvalue weighted by Gasteiger charge is -2.34. The molecule has 0 spiro atoms. The minimum Gasteiger partial charge on any atom is -0.741 e. The predicted octanol–water partition coefficient (Wildman–Crippen LogP) is 2.29. The third kappa shape index (κ3) is 2.41. The molecule has 2 saturated heterocycles. The molecule has 0 radical (unpaired) electrons. The van der Waals surface area contributed by atoms with Gasteiger partial charge in [0, 0.05) is 17.4 Å². The number of benzene rings is 1. The minimum absolute atomic E-state index is 0.401. The van der Waals surface area contributed by atoms with Gasteiger partial charge < -0.3 is 13.8 Å². The van der Waals surface area contributed by atoms with Gasteiger partial charge in [-0.05, 0) is 30.7 Å². The number of methoxy groups -OCH3 is 1. The summed E-state index contributed by atoms with van der Waals surface area (Å²) in [6.07, 6.45) is 1.37. The summed E-state index contributed by atoms with van der Waals surface area (Å²) in [5, 5.41) is 0. The minimum atomic E-state index is -6.09. The van der Waals surface area contributed by atoms with Crippen molar-refractivity contribution < 1.29 is 35.4 Å². The molecule has 5 rings (SSSR count). The van der Waals surface area contributed by atoms with E-state index in [4.69, 9.17) is 17.7 Å². The van der Waals surface area contributed by atoms with Crippen molar-refractivity contribution in [2.24, 2.45) is 0 Å². The van der Waals surface area contributed by atoms with Crippen molar-refractivity contribution in [1.29, 1.82) is 0 Å². The van der Waals surface area contributed by atoms with E-state index in [0.717, 1.165) is 17.8 Å². The van der Waals surface area contributed by atoms with Crippen molar-refractivity contribution in [3.8, 4) is 5.75 Å². The predicted molar refractivity (Wildman–Crippen MR) is 78.3 cm³/mol. The van der Waals surface area contributed by atoms with Crippen molar-refractivity contribution >= 4 is 10.1 Å². The van der Waals surface area contributed by atoms with Gasteiger partial charge in [-0.2, -0.15) is 13.2 Å². The number of likely N-dealkylation sites (N-methyl/N-ethyl adjacent to an activating group) is 1. The first kappa shape index (κ1) is 17.5. The first-order chi connectivity index (χ1) is 10.8. The molecule has 0 amide bonds. The summed E-state index contributed by atoms with van der Waals surface area (Å²) >= 11 is 0. The molecule has 4 atom stereocenters. The first-order valence-corrected chi connectivity index (χ1v) is 8.80. The maximum atomic E-state index is 10.7. The molecule has 3 aliphatic heterocycles. The van der Waals surface area contributed by atoms with Crippen LogP contribution in [0.4, 0.5) is 13.2 Å². The number of halogens is 3. The average molecular weight is 365 g/mol. The number of hydrogen-bond acceptors (Lipinski definition) is 4. The molecular weight excluding hydrogens is 347 g/mol. The summed E-state index contributed by atoms with van der Waals surface area (Å²) in [4.78, 5) is 0.